The molecular formula is C22H19ClN3O+. The third-order valence-electron chi connectivity index (χ3n) is 4.57. The summed E-state index contributed by atoms with van der Waals surface area (Å²) in [4.78, 5) is 15.6. The van der Waals surface area contributed by atoms with Gasteiger partial charge in [0.05, 0.1) is 5.69 Å². The number of aryl methyl sites for hydroxylation is 2. The van der Waals surface area contributed by atoms with E-state index in [0.29, 0.717) is 10.6 Å². The Morgan fingerprint density at radius 2 is 1.74 bits per heavy atom. The molecular weight excluding hydrogens is 358 g/mol. The fraction of sp³-hybridized carbons (Fsp3) is 0.0909. The fourth-order valence-electron chi connectivity index (χ4n) is 3.08. The molecule has 0 unspecified atom stereocenters. The van der Waals surface area contributed by atoms with Crippen LogP contribution in [0.4, 0.5) is 5.69 Å². The molecule has 2 heterocycles. The van der Waals surface area contributed by atoms with Gasteiger partial charge in [0.25, 0.3) is 5.91 Å². The first-order valence-corrected chi connectivity index (χ1v) is 9.18. The zero-order chi connectivity index (χ0) is 18.6. The molecule has 4 nitrogen and oxygen atoms in total. The Morgan fingerprint density at radius 3 is 2.52 bits per heavy atom. The zero-order valence-electron chi connectivity index (χ0n) is 14.7. The number of carbonyl (C=O) groups is 1. The van der Waals surface area contributed by atoms with Crippen LogP contribution in [0.1, 0.15) is 15.9 Å². The average molecular weight is 377 g/mol. The molecule has 0 aliphatic heterocycles. The van der Waals surface area contributed by atoms with Gasteiger partial charge in [-0.05, 0) is 35.9 Å². The molecule has 27 heavy (non-hydrogen) atoms. The van der Waals surface area contributed by atoms with Crippen LogP contribution in [0.2, 0.25) is 5.02 Å². The number of anilines is 1. The van der Waals surface area contributed by atoms with Crippen molar-refractivity contribution in [1.29, 1.82) is 0 Å². The third kappa shape index (κ3) is 4.01. The molecule has 4 aromatic rings. The van der Waals surface area contributed by atoms with Gasteiger partial charge in [0.15, 0.2) is 18.9 Å². The van der Waals surface area contributed by atoms with Crippen molar-refractivity contribution in [3.63, 3.8) is 0 Å². The second-order valence-electron chi connectivity index (χ2n) is 6.40. The number of aromatic nitrogens is 2. The summed E-state index contributed by atoms with van der Waals surface area (Å²) in [5.74, 6) is -0.150. The summed E-state index contributed by atoms with van der Waals surface area (Å²) in [7, 11) is 0. The Balaban J connectivity index is 1.38. The van der Waals surface area contributed by atoms with Gasteiger partial charge in [0.2, 0.25) is 0 Å². The zero-order valence-corrected chi connectivity index (χ0v) is 15.4. The van der Waals surface area contributed by atoms with Gasteiger partial charge in [-0.3, -0.25) is 4.79 Å². The summed E-state index contributed by atoms with van der Waals surface area (Å²) in [6.07, 6.45) is 6.97. The topological polar surface area (TPSA) is 48.8 Å². The van der Waals surface area contributed by atoms with Crippen LogP contribution in [0.15, 0.2) is 79.3 Å². The number of hydrogen-bond acceptors (Lipinski definition) is 1. The highest BCUT2D eigenvalue weighted by atomic mass is 35.5. The lowest BCUT2D eigenvalue weighted by atomic mass is 10.1. The number of carbonyl (C=O) groups excluding carboxylic acids is 1. The number of nitrogens with zero attached hydrogens (tertiary/aromatic N) is 1. The van der Waals surface area contributed by atoms with Crippen LogP contribution < -0.4 is 9.88 Å². The quantitative estimate of drug-likeness (QED) is 0.491. The lowest BCUT2D eigenvalue weighted by Crippen LogP contribution is -2.33. The van der Waals surface area contributed by atoms with Gasteiger partial charge in [0.1, 0.15) is 0 Å². The van der Waals surface area contributed by atoms with E-state index in [1.54, 1.807) is 24.3 Å². The highest BCUT2D eigenvalue weighted by molar-refractivity contribution is 6.30. The molecule has 0 fully saturated rings. The summed E-state index contributed by atoms with van der Waals surface area (Å²) in [5.41, 5.74) is 3.81. The van der Waals surface area contributed by atoms with Crippen LogP contribution >= 0.6 is 11.6 Å². The van der Waals surface area contributed by atoms with E-state index < -0.39 is 0 Å². The predicted octanol–water partition coefficient (Wildman–Crippen LogP) is 4.60. The summed E-state index contributed by atoms with van der Waals surface area (Å²) in [6, 6.07) is 19.0. The molecule has 134 valence electrons. The number of halogens is 1. The van der Waals surface area contributed by atoms with E-state index in [2.05, 4.69) is 39.3 Å². The molecule has 0 saturated carbocycles. The number of pyridine rings is 1. The van der Waals surface area contributed by atoms with Crippen LogP contribution in [-0.2, 0) is 13.0 Å². The maximum atomic E-state index is 12.3. The van der Waals surface area contributed by atoms with Crippen molar-refractivity contribution in [3.05, 3.63) is 95.4 Å². The maximum absolute atomic E-state index is 12.3. The summed E-state index contributed by atoms with van der Waals surface area (Å²) >= 11 is 5.86. The average Bonchev–Trinajstić information content (AvgIpc) is 3.11. The second kappa shape index (κ2) is 7.64. The Bertz CT molecular complexity index is 1070. The van der Waals surface area contributed by atoms with Gasteiger partial charge in [-0.2, -0.15) is 0 Å². The van der Waals surface area contributed by atoms with Gasteiger partial charge in [0, 0.05) is 46.2 Å². The minimum Gasteiger partial charge on any atom is -0.361 e. The van der Waals surface area contributed by atoms with Gasteiger partial charge in [-0.15, -0.1) is 0 Å². The molecule has 2 aromatic heterocycles. The van der Waals surface area contributed by atoms with Crippen molar-refractivity contribution in [2.24, 2.45) is 0 Å². The molecule has 0 radical (unpaired) electrons. The fourth-order valence-corrected chi connectivity index (χ4v) is 3.21. The highest BCUT2D eigenvalue weighted by Crippen LogP contribution is 2.18. The van der Waals surface area contributed by atoms with E-state index in [1.165, 1.54) is 10.9 Å². The van der Waals surface area contributed by atoms with E-state index in [9.17, 15) is 4.79 Å². The minimum atomic E-state index is -0.150. The lowest BCUT2D eigenvalue weighted by molar-refractivity contribution is -0.696. The Kier molecular flexibility index (Phi) is 4.90. The first-order valence-electron chi connectivity index (χ1n) is 8.80. The number of H-pyrrole nitrogens is 1. The Labute approximate surface area is 162 Å². The monoisotopic (exact) mass is 376 g/mol. The molecule has 0 aliphatic carbocycles. The molecule has 0 aliphatic rings. The number of para-hydroxylation sites is 1. The van der Waals surface area contributed by atoms with E-state index in [0.717, 1.165) is 24.2 Å². The van der Waals surface area contributed by atoms with Crippen molar-refractivity contribution in [2.75, 3.05) is 5.32 Å². The maximum Gasteiger partial charge on any atom is 0.255 e. The molecule has 0 atom stereocenters. The molecule has 0 saturated heterocycles. The highest BCUT2D eigenvalue weighted by Gasteiger charge is 2.09. The number of fused-ring (bicyclic) bond motifs is 1. The minimum absolute atomic E-state index is 0.150. The number of rotatable bonds is 5. The number of aromatic amines is 1. The SMILES string of the molecule is O=C(Nc1cc[n+](CCc2c[nH]c3ccccc23)cc1)c1ccc(Cl)cc1. The van der Waals surface area contributed by atoms with E-state index >= 15 is 0 Å². The molecule has 2 N–H and O–H groups in total. The van der Waals surface area contributed by atoms with Crippen LogP contribution in [0.5, 0.6) is 0 Å². The van der Waals surface area contributed by atoms with Crippen LogP contribution in [0.3, 0.4) is 0 Å². The first-order chi connectivity index (χ1) is 13.2. The van der Waals surface area contributed by atoms with Gasteiger partial charge in [-0.1, -0.05) is 29.8 Å². The van der Waals surface area contributed by atoms with Gasteiger partial charge < -0.3 is 10.3 Å². The van der Waals surface area contributed by atoms with E-state index in [4.69, 9.17) is 11.6 Å². The third-order valence-corrected chi connectivity index (χ3v) is 4.82. The van der Waals surface area contributed by atoms with Crippen LogP contribution in [0, 0.1) is 0 Å². The molecule has 0 bridgehead atoms. The first kappa shape index (κ1) is 17.3. The number of benzene rings is 2. The van der Waals surface area contributed by atoms with Crippen molar-refractivity contribution in [3.8, 4) is 0 Å². The van der Waals surface area contributed by atoms with Crippen molar-refractivity contribution < 1.29 is 9.36 Å². The molecule has 4 rings (SSSR count). The van der Waals surface area contributed by atoms with E-state index in [-0.39, 0.29) is 5.91 Å². The normalized spacial score (nSPS) is 10.9. The molecule has 0 spiro atoms. The largest absolute Gasteiger partial charge is 0.361 e. The van der Waals surface area contributed by atoms with Crippen molar-refractivity contribution >= 4 is 34.1 Å². The smallest absolute Gasteiger partial charge is 0.255 e. The van der Waals surface area contributed by atoms with Crippen molar-refractivity contribution in [1.82, 2.24) is 4.98 Å². The van der Waals surface area contributed by atoms with E-state index in [1.807, 2.05) is 30.6 Å². The number of nitrogens with one attached hydrogen (secondary N) is 2. The van der Waals surface area contributed by atoms with Crippen LogP contribution in [0.25, 0.3) is 10.9 Å². The number of hydrogen-bond donors (Lipinski definition) is 2. The van der Waals surface area contributed by atoms with Gasteiger partial charge >= 0.3 is 0 Å². The van der Waals surface area contributed by atoms with Crippen molar-refractivity contribution in [2.45, 2.75) is 13.0 Å². The summed E-state index contributed by atoms with van der Waals surface area (Å²) in [6.45, 7) is 0.868. The lowest BCUT2D eigenvalue weighted by Gasteiger charge is -2.05. The summed E-state index contributed by atoms with van der Waals surface area (Å²) < 4.78 is 2.11. The summed E-state index contributed by atoms with van der Waals surface area (Å²) in [5, 5.41) is 4.78. The van der Waals surface area contributed by atoms with Gasteiger partial charge in [-0.25, -0.2) is 4.57 Å². The predicted molar refractivity (Wildman–Crippen MR) is 108 cm³/mol. The Hall–Kier alpha value is -3.11. The standard InChI is InChI=1S/C22H18ClN3O/c23-18-7-5-16(6-8-18)22(27)25-19-10-13-26(14-11-19)12-9-17-15-24-21-4-2-1-3-20(17)21/h1-8,10-11,13-15,24H,9,12H2/p+1. The molecule has 2 aromatic carbocycles. The molecule has 1 amide bonds. The van der Waals surface area contributed by atoms with Crippen LogP contribution in [-0.4, -0.2) is 10.9 Å². The molecule has 5 heteroatoms. The number of amides is 1. The Morgan fingerprint density at radius 1 is 1.00 bits per heavy atom. The second-order valence-corrected chi connectivity index (χ2v) is 6.83.